The van der Waals surface area contributed by atoms with E-state index in [2.05, 4.69) is 10.2 Å². The molecule has 134 valence electrons. The van der Waals surface area contributed by atoms with E-state index < -0.39 is 15.9 Å². The van der Waals surface area contributed by atoms with Crippen LogP contribution in [0.4, 0.5) is 0 Å². The monoisotopic (exact) mass is 391 g/mol. The first-order valence-corrected chi connectivity index (χ1v) is 9.68. The van der Waals surface area contributed by atoms with E-state index in [1.807, 2.05) is 4.72 Å². The zero-order valence-corrected chi connectivity index (χ0v) is 15.1. The number of aromatic amines is 1. The van der Waals surface area contributed by atoms with Gasteiger partial charge in [-0.3, -0.25) is 9.89 Å². The summed E-state index contributed by atoms with van der Waals surface area (Å²) in [5.41, 5.74) is 1.24. The summed E-state index contributed by atoms with van der Waals surface area (Å²) in [5.74, 6) is 0.275. The van der Waals surface area contributed by atoms with Gasteiger partial charge in [0.2, 0.25) is 10.0 Å². The molecule has 0 saturated heterocycles. The van der Waals surface area contributed by atoms with E-state index >= 15 is 0 Å². The molecule has 0 fully saturated rings. The maximum Gasteiger partial charge on any atom is 0.264 e. The van der Waals surface area contributed by atoms with Crippen molar-refractivity contribution in [3.63, 3.8) is 0 Å². The van der Waals surface area contributed by atoms with E-state index in [1.54, 1.807) is 42.6 Å². The second-order valence-electron chi connectivity index (χ2n) is 5.43. The number of ether oxygens (including phenoxy) is 1. The van der Waals surface area contributed by atoms with Crippen molar-refractivity contribution in [2.24, 2.45) is 0 Å². The average Bonchev–Trinajstić information content (AvgIpc) is 3.10. The summed E-state index contributed by atoms with van der Waals surface area (Å²) in [6, 6.07) is 13.1. The topological polar surface area (TPSA) is 101 Å². The minimum Gasteiger partial charge on any atom is -0.457 e. The number of sulfonamides is 1. The summed E-state index contributed by atoms with van der Waals surface area (Å²) >= 11 is 5.87. The number of carbonyl (C=O) groups excluding carboxylic acids is 1. The molecule has 2 aromatic carbocycles. The summed E-state index contributed by atoms with van der Waals surface area (Å²) in [4.78, 5) is 12.1. The highest BCUT2D eigenvalue weighted by Crippen LogP contribution is 2.33. The molecule has 2 N–H and O–H groups in total. The van der Waals surface area contributed by atoms with Gasteiger partial charge in [0, 0.05) is 22.3 Å². The normalized spacial score (nSPS) is 11.2. The van der Waals surface area contributed by atoms with Crippen LogP contribution in [0.15, 0.2) is 54.7 Å². The zero-order chi connectivity index (χ0) is 18.7. The average molecular weight is 392 g/mol. The molecule has 1 amide bonds. The number of carbonyl (C=O) groups is 1. The van der Waals surface area contributed by atoms with Crippen molar-refractivity contribution < 1.29 is 17.9 Å². The van der Waals surface area contributed by atoms with Crippen molar-refractivity contribution in [3.8, 4) is 22.8 Å². The summed E-state index contributed by atoms with van der Waals surface area (Å²) < 4.78 is 30.4. The number of aromatic nitrogens is 2. The van der Waals surface area contributed by atoms with Crippen molar-refractivity contribution >= 4 is 27.5 Å². The lowest BCUT2D eigenvalue weighted by molar-refractivity contribution is 0.0981. The number of nitrogens with zero attached hydrogens (tertiary/aromatic N) is 1. The van der Waals surface area contributed by atoms with Crippen molar-refractivity contribution in [2.75, 3.05) is 6.26 Å². The Bertz CT molecular complexity index is 1030. The maximum atomic E-state index is 12.1. The second-order valence-corrected chi connectivity index (χ2v) is 7.61. The predicted octanol–water partition coefficient (Wildman–Crippen LogP) is 3.21. The summed E-state index contributed by atoms with van der Waals surface area (Å²) in [7, 11) is -3.67. The van der Waals surface area contributed by atoms with Gasteiger partial charge in [-0.25, -0.2) is 13.1 Å². The van der Waals surface area contributed by atoms with E-state index in [4.69, 9.17) is 16.3 Å². The molecule has 9 heteroatoms. The molecule has 1 heterocycles. The number of H-pyrrole nitrogens is 1. The molecule has 0 aliphatic heterocycles. The lowest BCUT2D eigenvalue weighted by Gasteiger charge is -2.12. The fraction of sp³-hybridized carbons (Fsp3) is 0.0588. The molecule has 3 rings (SSSR count). The molecule has 3 aromatic rings. The van der Waals surface area contributed by atoms with Crippen LogP contribution in [-0.4, -0.2) is 30.8 Å². The molecule has 0 spiro atoms. The summed E-state index contributed by atoms with van der Waals surface area (Å²) in [6.45, 7) is 0. The Morgan fingerprint density at radius 3 is 2.50 bits per heavy atom. The van der Waals surface area contributed by atoms with Crippen molar-refractivity contribution in [1.29, 1.82) is 0 Å². The molecule has 0 bridgehead atoms. The summed E-state index contributed by atoms with van der Waals surface area (Å²) in [5, 5.41) is 7.38. The molecule has 0 aliphatic carbocycles. The fourth-order valence-electron chi connectivity index (χ4n) is 2.23. The van der Waals surface area contributed by atoms with Crippen LogP contribution in [0.2, 0.25) is 5.02 Å². The quantitative estimate of drug-likeness (QED) is 0.695. The third kappa shape index (κ3) is 4.41. The molecule has 26 heavy (non-hydrogen) atoms. The van der Waals surface area contributed by atoms with Crippen molar-refractivity contribution in [1.82, 2.24) is 14.9 Å². The van der Waals surface area contributed by atoms with Crippen LogP contribution in [0, 0.1) is 0 Å². The molecule has 0 aliphatic rings. The highest BCUT2D eigenvalue weighted by molar-refractivity contribution is 7.89. The number of rotatable bonds is 5. The van der Waals surface area contributed by atoms with Crippen LogP contribution in [0.1, 0.15) is 10.4 Å². The van der Waals surface area contributed by atoms with Crippen LogP contribution in [-0.2, 0) is 10.0 Å². The van der Waals surface area contributed by atoms with Crippen LogP contribution < -0.4 is 9.46 Å². The Labute approximate surface area is 155 Å². The van der Waals surface area contributed by atoms with Gasteiger partial charge in [-0.05, 0) is 48.5 Å². The minimum atomic E-state index is -3.67. The molecule has 0 radical (unpaired) electrons. The van der Waals surface area contributed by atoms with Gasteiger partial charge in [0.15, 0.2) is 0 Å². The Balaban J connectivity index is 1.99. The van der Waals surface area contributed by atoms with Gasteiger partial charge in [-0.1, -0.05) is 11.6 Å². The Morgan fingerprint density at radius 1 is 1.15 bits per heavy atom. The largest absolute Gasteiger partial charge is 0.457 e. The van der Waals surface area contributed by atoms with E-state index in [0.29, 0.717) is 27.8 Å². The van der Waals surface area contributed by atoms with E-state index in [1.165, 1.54) is 12.1 Å². The molecule has 0 saturated carbocycles. The third-order valence-electron chi connectivity index (χ3n) is 3.34. The predicted molar refractivity (Wildman–Crippen MR) is 97.9 cm³/mol. The number of hydrogen-bond acceptors (Lipinski definition) is 5. The van der Waals surface area contributed by atoms with Gasteiger partial charge in [0.25, 0.3) is 5.91 Å². The second kappa shape index (κ2) is 7.19. The zero-order valence-electron chi connectivity index (χ0n) is 13.6. The Hall–Kier alpha value is -2.84. The molecule has 0 atom stereocenters. The first-order chi connectivity index (χ1) is 12.3. The van der Waals surface area contributed by atoms with E-state index in [0.717, 1.165) is 6.26 Å². The van der Waals surface area contributed by atoms with Gasteiger partial charge < -0.3 is 4.74 Å². The number of hydrogen-bond donors (Lipinski definition) is 2. The Morgan fingerprint density at radius 2 is 1.88 bits per heavy atom. The van der Waals surface area contributed by atoms with Gasteiger partial charge >= 0.3 is 0 Å². The maximum absolute atomic E-state index is 12.1. The first-order valence-electron chi connectivity index (χ1n) is 7.41. The van der Waals surface area contributed by atoms with Crippen molar-refractivity contribution in [2.45, 2.75) is 0 Å². The van der Waals surface area contributed by atoms with Crippen LogP contribution in [0.25, 0.3) is 11.3 Å². The lowest BCUT2D eigenvalue weighted by atomic mass is 10.1. The molecular formula is C17H14ClN3O4S. The fourth-order valence-corrected chi connectivity index (χ4v) is 2.81. The molecule has 0 unspecified atom stereocenters. The number of nitrogens with one attached hydrogen (secondary N) is 2. The molecular weight excluding hydrogens is 378 g/mol. The standard InChI is InChI=1S/C17H14ClN3O4S/c1-26(23,24)21-17(22)11-2-7-16(14(10-11)15-8-9-19-20-15)25-13-5-3-12(18)4-6-13/h2-10H,1H3,(H,19,20)(H,21,22). The van der Waals surface area contributed by atoms with Gasteiger partial charge in [-0.15, -0.1) is 0 Å². The molecule has 7 nitrogen and oxygen atoms in total. The van der Waals surface area contributed by atoms with Crippen LogP contribution >= 0.6 is 11.6 Å². The number of halogens is 1. The highest BCUT2D eigenvalue weighted by Gasteiger charge is 2.16. The molecule has 1 aromatic heterocycles. The van der Waals surface area contributed by atoms with E-state index in [9.17, 15) is 13.2 Å². The first kappa shape index (κ1) is 18.0. The van der Waals surface area contributed by atoms with Crippen LogP contribution in [0.5, 0.6) is 11.5 Å². The Kier molecular flexibility index (Phi) is 4.97. The lowest BCUT2D eigenvalue weighted by Crippen LogP contribution is -2.29. The van der Waals surface area contributed by atoms with Crippen molar-refractivity contribution in [3.05, 3.63) is 65.3 Å². The number of amides is 1. The third-order valence-corrected chi connectivity index (χ3v) is 4.15. The van der Waals surface area contributed by atoms with Gasteiger partial charge in [0.05, 0.1) is 11.9 Å². The highest BCUT2D eigenvalue weighted by atomic mass is 35.5. The van der Waals surface area contributed by atoms with Gasteiger partial charge in [0.1, 0.15) is 11.5 Å². The summed E-state index contributed by atoms with van der Waals surface area (Å²) in [6.07, 6.45) is 2.54. The smallest absolute Gasteiger partial charge is 0.264 e. The SMILES string of the molecule is CS(=O)(=O)NC(=O)c1ccc(Oc2ccc(Cl)cc2)c(-c2cc[nH]n2)c1. The minimum absolute atomic E-state index is 0.164. The van der Waals surface area contributed by atoms with Crippen LogP contribution in [0.3, 0.4) is 0 Å². The van der Waals surface area contributed by atoms with E-state index in [-0.39, 0.29) is 5.56 Å². The van der Waals surface area contributed by atoms with Gasteiger partial charge in [-0.2, -0.15) is 5.10 Å². The number of benzene rings is 2.